The summed E-state index contributed by atoms with van der Waals surface area (Å²) < 4.78 is 0. The molecule has 28 N–H and O–H groups in total. The highest BCUT2D eigenvalue weighted by Crippen LogP contribution is 2.22. The van der Waals surface area contributed by atoms with Crippen molar-refractivity contribution in [1.29, 1.82) is 0 Å². The van der Waals surface area contributed by atoms with Crippen LogP contribution < -0.4 is 86.7 Å². The number of unbranched alkanes of at least 4 members (excludes halogenated alkanes) is 1. The van der Waals surface area contributed by atoms with E-state index in [2.05, 4.69) is 78.8 Å². The number of aliphatic hydroxyl groups excluding tert-OH is 4. The summed E-state index contributed by atoms with van der Waals surface area (Å²) in [5, 5.41) is 99.6. The van der Waals surface area contributed by atoms with Gasteiger partial charge in [0.1, 0.15) is 78.5 Å². The molecular weight excluding hydrogens is 1460 g/mol. The van der Waals surface area contributed by atoms with Crippen molar-refractivity contribution in [2.45, 2.75) is 250 Å². The summed E-state index contributed by atoms with van der Waals surface area (Å²) in [4.78, 5) is 229. The van der Waals surface area contributed by atoms with E-state index in [1.165, 1.54) is 31.3 Å². The fourth-order valence-electron chi connectivity index (χ4n) is 11.5. The Balaban J connectivity index is 2.45. The van der Waals surface area contributed by atoms with Gasteiger partial charge in [0.15, 0.2) is 5.96 Å². The molecule has 0 radical (unpaired) electrons. The normalized spacial score (nSPS) is 16.8. The Labute approximate surface area is 641 Å². The minimum Gasteiger partial charge on any atom is -0.481 e. The quantitative estimate of drug-likeness (QED) is 0.0164. The minimum atomic E-state index is -2.07. The van der Waals surface area contributed by atoms with Gasteiger partial charge in [-0.1, -0.05) is 55.4 Å². The summed E-state index contributed by atoms with van der Waals surface area (Å²) >= 11 is 0. The zero-order valence-electron chi connectivity index (χ0n) is 64.2. The Kier molecular flexibility index (Phi) is 42.2. The molecule has 1 aromatic rings. The maximum absolute atomic E-state index is 14.3. The summed E-state index contributed by atoms with van der Waals surface area (Å²) in [5.74, 6) is -20.3. The van der Waals surface area contributed by atoms with Crippen LogP contribution in [0.4, 0.5) is 0 Å². The van der Waals surface area contributed by atoms with Gasteiger partial charge >= 0.3 is 17.9 Å². The number of hydrogen-bond donors (Lipinski definition) is 24. The van der Waals surface area contributed by atoms with Gasteiger partial charge in [0, 0.05) is 31.4 Å². The zero-order valence-corrected chi connectivity index (χ0v) is 64.2. The van der Waals surface area contributed by atoms with E-state index in [9.17, 15) is 107 Å². The molecule has 1 aliphatic heterocycles. The number of aliphatic imine (C=N–C) groups is 1. The van der Waals surface area contributed by atoms with Gasteiger partial charge in [-0.2, -0.15) is 0 Å². The zero-order chi connectivity index (χ0) is 84.3. The number of carbonyl (C=O) groups is 16. The van der Waals surface area contributed by atoms with Gasteiger partial charge < -0.3 is 132 Å². The number of nitrogens with two attached hydrogens (primary N) is 4. The summed E-state index contributed by atoms with van der Waals surface area (Å²) in [7, 11) is 0. The maximum atomic E-state index is 14.3. The third-order valence-corrected chi connectivity index (χ3v) is 17.3. The number of rotatable bonds is 51. The summed E-state index contributed by atoms with van der Waals surface area (Å²) in [6, 6.07) is -22.9. The van der Waals surface area contributed by atoms with Gasteiger partial charge in [0.25, 0.3) is 0 Å². The first kappa shape index (κ1) is 96.8. The van der Waals surface area contributed by atoms with Crippen LogP contribution in [0, 0.1) is 23.7 Å². The van der Waals surface area contributed by atoms with Crippen molar-refractivity contribution in [2.24, 2.45) is 51.6 Å². The molecule has 2 rings (SSSR count). The van der Waals surface area contributed by atoms with Crippen LogP contribution in [0.5, 0.6) is 0 Å². The molecule has 1 fully saturated rings. The average Bonchev–Trinajstić information content (AvgIpc) is 1.76. The Morgan fingerprint density at radius 1 is 0.505 bits per heavy atom. The molecule has 0 unspecified atom stereocenters. The van der Waals surface area contributed by atoms with Gasteiger partial charge in [0.05, 0.1) is 50.6 Å². The van der Waals surface area contributed by atoms with Crippen LogP contribution in [0.1, 0.15) is 152 Å². The molecule has 111 heavy (non-hydrogen) atoms. The van der Waals surface area contributed by atoms with Crippen molar-refractivity contribution < 1.29 is 112 Å². The number of carbonyl (C=O) groups excluding carboxylic acids is 13. The van der Waals surface area contributed by atoms with E-state index in [-0.39, 0.29) is 100 Å². The smallest absolute Gasteiger partial charge is 0.326 e. The number of aromatic amines is 1. The molecule has 13 amide bonds. The van der Waals surface area contributed by atoms with Gasteiger partial charge in [-0.15, -0.1) is 0 Å². The molecule has 2 heterocycles. The number of nitrogens with one attached hydrogen (secondary N) is 13. The molecule has 1 saturated heterocycles. The van der Waals surface area contributed by atoms with Crippen molar-refractivity contribution >= 4 is 101 Å². The molecule has 1 aliphatic rings. The Morgan fingerprint density at radius 3 is 1.39 bits per heavy atom. The van der Waals surface area contributed by atoms with E-state index in [1.807, 2.05) is 0 Å². The number of imidazole rings is 1. The highest BCUT2D eigenvalue weighted by atomic mass is 16.4. The van der Waals surface area contributed by atoms with Gasteiger partial charge in [0.2, 0.25) is 76.8 Å². The van der Waals surface area contributed by atoms with Crippen LogP contribution in [0.15, 0.2) is 17.5 Å². The lowest BCUT2D eigenvalue weighted by Gasteiger charge is -2.32. The van der Waals surface area contributed by atoms with Gasteiger partial charge in [-0.05, 0) is 108 Å². The molecule has 43 heteroatoms. The second-order valence-electron chi connectivity index (χ2n) is 28.8. The van der Waals surface area contributed by atoms with E-state index >= 15 is 0 Å². The highest BCUT2D eigenvalue weighted by Gasteiger charge is 2.43. The summed E-state index contributed by atoms with van der Waals surface area (Å²) in [6.07, 6.45) is -3.05. The molecule has 0 saturated carbocycles. The second kappa shape index (κ2) is 48.4. The number of carboxylic acids is 3. The fourth-order valence-corrected chi connectivity index (χ4v) is 11.5. The topological polar surface area (TPSA) is 707 Å². The molecule has 626 valence electrons. The number of aliphatic hydroxyl groups is 4. The molecule has 0 bridgehead atoms. The van der Waals surface area contributed by atoms with E-state index in [0.29, 0.717) is 12.8 Å². The first-order chi connectivity index (χ1) is 52.0. The number of hydrogen-bond acceptors (Lipinski definition) is 24. The second-order valence-corrected chi connectivity index (χ2v) is 28.8. The van der Waals surface area contributed by atoms with Crippen LogP contribution in [0.3, 0.4) is 0 Å². The molecule has 1 aromatic heterocycles. The van der Waals surface area contributed by atoms with Crippen LogP contribution >= 0.6 is 0 Å². The Hall–Kier alpha value is -10.2. The average molecular weight is 1580 g/mol. The largest absolute Gasteiger partial charge is 0.481 e. The predicted octanol–water partition coefficient (Wildman–Crippen LogP) is -8.15. The molecule has 43 nitrogen and oxygen atoms in total. The molecular formula is C68H116N20O23. The van der Waals surface area contributed by atoms with Crippen LogP contribution in [0.25, 0.3) is 0 Å². The first-order valence-corrected chi connectivity index (χ1v) is 36.6. The first-order valence-electron chi connectivity index (χ1n) is 36.6. The van der Waals surface area contributed by atoms with Crippen molar-refractivity contribution in [3.63, 3.8) is 0 Å². The Bertz CT molecular complexity index is 3340. The van der Waals surface area contributed by atoms with Crippen molar-refractivity contribution in [3.8, 4) is 0 Å². The van der Waals surface area contributed by atoms with Gasteiger partial charge in [-0.25, -0.2) is 9.78 Å². The number of guanidine groups is 1. The lowest BCUT2D eigenvalue weighted by atomic mass is 9.99. The van der Waals surface area contributed by atoms with Crippen LogP contribution in [-0.2, 0) is 83.1 Å². The molecule has 0 spiro atoms. The number of H-pyrrole nitrogens is 1. The van der Waals surface area contributed by atoms with Crippen molar-refractivity contribution in [2.75, 3.05) is 32.8 Å². The molecule has 0 aromatic carbocycles. The molecule has 0 aliphatic carbocycles. The lowest BCUT2D eigenvalue weighted by Crippen LogP contribution is -2.63. The Morgan fingerprint density at radius 2 is 0.919 bits per heavy atom. The monoisotopic (exact) mass is 1580 g/mol. The van der Waals surface area contributed by atoms with E-state index in [1.54, 1.807) is 41.5 Å². The number of amides is 13. The van der Waals surface area contributed by atoms with Crippen molar-refractivity contribution in [1.82, 2.24) is 78.7 Å². The maximum Gasteiger partial charge on any atom is 0.326 e. The molecule has 16 atom stereocenters. The standard InChI is InChI=1S/C68H116N20O23/c1-31(2)21-41(78-62(105)48-17-14-20-88(48)66(109)44(22-32(3)4)81-61(104)46(28-89)83-54(97)38(70)25-49(93)94)58(101)85-51(34(7)8)63(106)80-43(26-50(95)96)59(102)87-52(35(9)91)64(107)79-42(24-37-27-73-30-75-37)57(100)84-47(29-90)60(103)77-39(15-11-12-18-69)55(98)76-40(16-13-19-74-68(71)72)56(99)86-53(36(10)92)65(108)82-45(67(110)111)23-33(5)6/h27,30-36,38-48,51-53,89-92H,11-26,28-29,69-70H2,1-10H3,(H,73,75)(H,76,98)(H,77,103)(H,78,105)(H,79,107)(H,80,106)(H,81,104)(H,82,108)(H,83,97)(H,84,100)(H,85,101)(H,86,99)(H,87,102)(H,93,94)(H,95,96)(H,110,111)(H4,71,72,74)/t35-,36-,38+,39+,40+,41+,42+,43+,44+,45+,46+,47+,48+,51+,52+,53+/m1/s1. The van der Waals surface area contributed by atoms with E-state index in [4.69, 9.17) is 28.0 Å². The van der Waals surface area contributed by atoms with E-state index < -0.39 is 230 Å². The number of nitrogens with zero attached hydrogens (tertiary/aromatic N) is 3. The number of aromatic nitrogens is 2. The van der Waals surface area contributed by atoms with Gasteiger partial charge in [-0.3, -0.25) is 76.9 Å². The number of carboxylic acid groups (broad SMARTS) is 3. The SMILES string of the molecule is CC(C)C[C@H](NC(=O)[C@@H](NC(=O)[C@H](CCCN=C(N)N)NC(=O)[C@H](CCCCN)NC(=O)[C@H](CO)NC(=O)[C@H](Cc1cnc[nH]1)NC(=O)[C@@H](NC(=O)[C@H](CC(=O)O)NC(=O)[C@@H](NC(=O)[C@H](CC(C)C)NC(=O)[C@@H]1CCCN1C(=O)[C@H](CC(C)C)NC(=O)[C@H](CO)NC(=O)[C@@H](N)CC(=O)O)C(C)C)[C@@H](C)O)[C@@H](C)O)C(=O)O. The fraction of sp³-hybridized carbons (Fsp3) is 0.706. The third kappa shape index (κ3) is 34.3. The number of likely N-dealkylation sites (tertiary alicyclic amines) is 1. The summed E-state index contributed by atoms with van der Waals surface area (Å²) in [6.45, 7) is 13.4. The van der Waals surface area contributed by atoms with Crippen molar-refractivity contribution in [3.05, 3.63) is 18.2 Å². The lowest BCUT2D eigenvalue weighted by molar-refractivity contribution is -0.143. The van der Waals surface area contributed by atoms with Crippen LogP contribution in [0.2, 0.25) is 0 Å². The van der Waals surface area contributed by atoms with Crippen LogP contribution in [-0.4, -0.2) is 281 Å². The minimum absolute atomic E-state index is 0.00734. The highest BCUT2D eigenvalue weighted by molar-refractivity contribution is 6.01. The predicted molar refractivity (Wildman–Crippen MR) is 394 cm³/mol. The van der Waals surface area contributed by atoms with E-state index in [0.717, 1.165) is 13.8 Å². The number of aliphatic carboxylic acids is 3. The summed E-state index contributed by atoms with van der Waals surface area (Å²) in [5.41, 5.74) is 22.5. The third-order valence-electron chi connectivity index (χ3n) is 17.3.